The molecule has 0 fully saturated rings. The molecule has 134 valence electrons. The monoisotopic (exact) mass is 356 g/mol. The molecule has 0 aliphatic rings. The van der Waals surface area contributed by atoms with E-state index in [-0.39, 0.29) is 24.0 Å². The van der Waals surface area contributed by atoms with Crippen molar-refractivity contribution in [2.45, 2.75) is 12.9 Å². The number of rotatable bonds is 6. The molecule has 2 aromatic carbocycles. The highest BCUT2D eigenvalue weighted by molar-refractivity contribution is 5.92. The Bertz CT molecular complexity index is 700. The lowest BCUT2D eigenvalue weighted by molar-refractivity contribution is -0.274. The van der Waals surface area contributed by atoms with E-state index >= 15 is 0 Å². The number of amides is 1. The maximum Gasteiger partial charge on any atom is 0.573 e. The lowest BCUT2D eigenvalue weighted by Gasteiger charge is -2.16. The van der Waals surface area contributed by atoms with E-state index in [1.165, 1.54) is 24.3 Å². The summed E-state index contributed by atoms with van der Waals surface area (Å²) < 4.78 is 52.8. The smallest absolute Gasteiger partial charge is 0.406 e. The topological polar surface area (TPSA) is 41.6 Å². The third-order valence-corrected chi connectivity index (χ3v) is 3.15. The van der Waals surface area contributed by atoms with Gasteiger partial charge in [-0.1, -0.05) is 12.1 Å². The summed E-state index contributed by atoms with van der Waals surface area (Å²) in [5, 5.41) is 2.58. The Morgan fingerprint density at radius 1 is 1.08 bits per heavy atom. The molecule has 0 bridgehead atoms. The second-order valence-electron chi connectivity index (χ2n) is 5.42. The van der Waals surface area contributed by atoms with Gasteiger partial charge in [-0.05, 0) is 49.0 Å². The van der Waals surface area contributed by atoms with Gasteiger partial charge in [-0.3, -0.25) is 9.69 Å². The highest BCUT2D eigenvalue weighted by Crippen LogP contribution is 2.23. The van der Waals surface area contributed by atoms with E-state index in [0.717, 1.165) is 17.7 Å². The summed E-state index contributed by atoms with van der Waals surface area (Å²) >= 11 is 0. The first-order chi connectivity index (χ1) is 11.7. The van der Waals surface area contributed by atoms with Crippen LogP contribution in [0.1, 0.15) is 5.56 Å². The molecule has 1 N–H and O–H groups in total. The van der Waals surface area contributed by atoms with Crippen molar-refractivity contribution < 1.29 is 27.1 Å². The Morgan fingerprint density at radius 3 is 2.24 bits per heavy atom. The molecule has 2 rings (SSSR count). The fourth-order valence-electron chi connectivity index (χ4n) is 2.14. The first-order valence-electron chi connectivity index (χ1n) is 7.30. The quantitative estimate of drug-likeness (QED) is 0.801. The molecule has 0 saturated heterocycles. The van der Waals surface area contributed by atoms with Crippen LogP contribution in [0.5, 0.6) is 5.75 Å². The van der Waals surface area contributed by atoms with Crippen LogP contribution in [0.25, 0.3) is 0 Å². The standard InChI is InChI=1S/C17H16F4N2O2/c1-23(10-12-2-4-13(18)5-3-12)11-16(24)22-14-6-8-15(9-7-14)25-17(19,20)21/h2-9H,10-11H2,1H3,(H,22,24). The molecule has 0 aliphatic heterocycles. The summed E-state index contributed by atoms with van der Waals surface area (Å²) in [6, 6.07) is 10.8. The molecule has 0 atom stereocenters. The number of benzene rings is 2. The second-order valence-corrected chi connectivity index (χ2v) is 5.42. The Labute approximate surface area is 142 Å². The van der Waals surface area contributed by atoms with E-state index in [2.05, 4.69) is 10.1 Å². The summed E-state index contributed by atoms with van der Waals surface area (Å²) in [6.45, 7) is 0.518. The molecule has 0 unspecified atom stereocenters. The van der Waals surface area contributed by atoms with Crippen LogP contribution in [0, 0.1) is 5.82 Å². The van der Waals surface area contributed by atoms with E-state index in [4.69, 9.17) is 0 Å². The third kappa shape index (κ3) is 6.80. The van der Waals surface area contributed by atoms with Crippen molar-refractivity contribution in [1.82, 2.24) is 4.90 Å². The molecule has 0 heterocycles. The van der Waals surface area contributed by atoms with Gasteiger partial charge in [0.2, 0.25) is 5.91 Å². The molecule has 2 aromatic rings. The number of anilines is 1. The first-order valence-corrected chi connectivity index (χ1v) is 7.30. The van der Waals surface area contributed by atoms with E-state index in [0.29, 0.717) is 12.2 Å². The Balaban J connectivity index is 1.83. The van der Waals surface area contributed by atoms with Crippen molar-refractivity contribution in [3.05, 3.63) is 59.9 Å². The van der Waals surface area contributed by atoms with Crippen molar-refractivity contribution in [3.63, 3.8) is 0 Å². The Hall–Kier alpha value is -2.61. The van der Waals surface area contributed by atoms with Gasteiger partial charge in [-0.15, -0.1) is 13.2 Å². The highest BCUT2D eigenvalue weighted by atomic mass is 19.4. The Kier molecular flexibility index (Phi) is 5.97. The summed E-state index contributed by atoms with van der Waals surface area (Å²) in [4.78, 5) is 13.7. The zero-order valence-corrected chi connectivity index (χ0v) is 13.3. The molecule has 0 aromatic heterocycles. The van der Waals surface area contributed by atoms with Gasteiger partial charge >= 0.3 is 6.36 Å². The number of alkyl halides is 3. The fraction of sp³-hybridized carbons (Fsp3) is 0.235. The summed E-state index contributed by atoms with van der Waals surface area (Å²) in [7, 11) is 1.73. The van der Waals surface area contributed by atoms with E-state index in [1.54, 1.807) is 24.1 Å². The third-order valence-electron chi connectivity index (χ3n) is 3.15. The predicted octanol–water partition coefficient (Wildman–Crippen LogP) is 3.79. The number of nitrogens with zero attached hydrogens (tertiary/aromatic N) is 1. The van der Waals surface area contributed by atoms with Gasteiger partial charge in [0, 0.05) is 12.2 Å². The molecule has 25 heavy (non-hydrogen) atoms. The van der Waals surface area contributed by atoms with Gasteiger partial charge in [-0.25, -0.2) is 4.39 Å². The van der Waals surface area contributed by atoms with Crippen LogP contribution in [0.4, 0.5) is 23.2 Å². The van der Waals surface area contributed by atoms with Crippen LogP contribution in [-0.2, 0) is 11.3 Å². The summed E-state index contributed by atoms with van der Waals surface area (Å²) in [5.41, 5.74) is 1.21. The number of carbonyl (C=O) groups excluding carboxylic acids is 1. The van der Waals surface area contributed by atoms with Gasteiger partial charge in [0.1, 0.15) is 11.6 Å². The molecular formula is C17H16F4N2O2. The van der Waals surface area contributed by atoms with Crippen molar-refractivity contribution in [1.29, 1.82) is 0 Å². The summed E-state index contributed by atoms with van der Waals surface area (Å²) in [5.74, 6) is -1.02. The lowest BCUT2D eigenvalue weighted by Crippen LogP contribution is -2.29. The second kappa shape index (κ2) is 7.98. The molecule has 8 heteroatoms. The van der Waals surface area contributed by atoms with Crippen molar-refractivity contribution in [2.75, 3.05) is 18.9 Å². The van der Waals surface area contributed by atoms with Crippen molar-refractivity contribution >= 4 is 11.6 Å². The SMILES string of the molecule is CN(CC(=O)Nc1ccc(OC(F)(F)F)cc1)Cc1ccc(F)cc1. The largest absolute Gasteiger partial charge is 0.573 e. The molecule has 4 nitrogen and oxygen atoms in total. The average Bonchev–Trinajstić information content (AvgIpc) is 2.50. The number of hydrogen-bond acceptors (Lipinski definition) is 3. The molecule has 0 radical (unpaired) electrons. The first kappa shape index (κ1) is 18.7. The van der Waals surface area contributed by atoms with Crippen LogP contribution >= 0.6 is 0 Å². The molecule has 1 amide bonds. The molecule has 0 saturated carbocycles. The number of carbonyl (C=O) groups is 1. The summed E-state index contributed by atoms with van der Waals surface area (Å²) in [6.07, 6.45) is -4.76. The number of nitrogens with one attached hydrogen (secondary N) is 1. The van der Waals surface area contributed by atoms with Crippen LogP contribution in [0.3, 0.4) is 0 Å². The minimum absolute atomic E-state index is 0.0676. The number of likely N-dealkylation sites (N-methyl/N-ethyl adjacent to an activating group) is 1. The molecule has 0 spiro atoms. The molecular weight excluding hydrogens is 340 g/mol. The van der Waals surface area contributed by atoms with Gasteiger partial charge < -0.3 is 10.1 Å². The van der Waals surface area contributed by atoms with Crippen LogP contribution in [0.2, 0.25) is 0 Å². The zero-order valence-electron chi connectivity index (χ0n) is 13.3. The number of hydrogen-bond donors (Lipinski definition) is 1. The van der Waals surface area contributed by atoms with Gasteiger partial charge in [0.05, 0.1) is 6.54 Å². The normalized spacial score (nSPS) is 11.4. The maximum absolute atomic E-state index is 12.8. The number of halogens is 4. The van der Waals surface area contributed by atoms with E-state index in [1.807, 2.05) is 0 Å². The zero-order chi connectivity index (χ0) is 18.4. The van der Waals surface area contributed by atoms with E-state index in [9.17, 15) is 22.4 Å². The van der Waals surface area contributed by atoms with Gasteiger partial charge in [-0.2, -0.15) is 0 Å². The van der Waals surface area contributed by atoms with Gasteiger partial charge in [0.25, 0.3) is 0 Å². The lowest BCUT2D eigenvalue weighted by atomic mass is 10.2. The molecule has 0 aliphatic carbocycles. The van der Waals surface area contributed by atoms with Crippen molar-refractivity contribution in [2.24, 2.45) is 0 Å². The average molecular weight is 356 g/mol. The predicted molar refractivity (Wildman–Crippen MR) is 84.5 cm³/mol. The van der Waals surface area contributed by atoms with Crippen LogP contribution < -0.4 is 10.1 Å². The Morgan fingerprint density at radius 2 is 1.68 bits per heavy atom. The van der Waals surface area contributed by atoms with Gasteiger partial charge in [0.15, 0.2) is 0 Å². The highest BCUT2D eigenvalue weighted by Gasteiger charge is 2.30. The minimum Gasteiger partial charge on any atom is -0.406 e. The number of ether oxygens (including phenoxy) is 1. The van der Waals surface area contributed by atoms with Crippen LogP contribution in [-0.4, -0.2) is 30.8 Å². The van der Waals surface area contributed by atoms with Crippen molar-refractivity contribution in [3.8, 4) is 5.75 Å². The van der Waals surface area contributed by atoms with Crippen LogP contribution in [0.15, 0.2) is 48.5 Å². The maximum atomic E-state index is 12.8. The minimum atomic E-state index is -4.76. The van der Waals surface area contributed by atoms with E-state index < -0.39 is 6.36 Å². The fourth-order valence-corrected chi connectivity index (χ4v) is 2.14.